The van der Waals surface area contributed by atoms with Gasteiger partial charge in [0.25, 0.3) is 0 Å². The first-order valence-corrected chi connectivity index (χ1v) is 8.06. The van der Waals surface area contributed by atoms with Crippen LogP contribution in [0, 0.1) is 0 Å². The van der Waals surface area contributed by atoms with Crippen LogP contribution in [0.3, 0.4) is 0 Å². The Balaban J connectivity index is 1.57. The third kappa shape index (κ3) is 3.24. The maximum absolute atomic E-state index is 11.9. The molecular weight excluding hydrogens is 278 g/mol. The van der Waals surface area contributed by atoms with Gasteiger partial charge in [-0.2, -0.15) is 0 Å². The summed E-state index contributed by atoms with van der Waals surface area (Å²) in [4.78, 5) is 25.3. The van der Waals surface area contributed by atoms with Crippen molar-refractivity contribution in [2.75, 3.05) is 11.9 Å². The van der Waals surface area contributed by atoms with Gasteiger partial charge in [-0.25, -0.2) is 4.79 Å². The molecule has 1 aromatic carbocycles. The minimum atomic E-state index is -0.0862. The number of nitrogens with one attached hydrogen (secondary N) is 2. The van der Waals surface area contributed by atoms with Crippen LogP contribution in [0.15, 0.2) is 18.2 Å². The molecule has 1 aromatic rings. The Kier molecular flexibility index (Phi) is 4.32. The van der Waals surface area contributed by atoms with Gasteiger partial charge in [-0.3, -0.25) is 4.79 Å². The van der Waals surface area contributed by atoms with Crippen molar-refractivity contribution in [3.8, 4) is 0 Å². The normalized spacial score (nSPS) is 18.2. The molecule has 118 valence electrons. The lowest BCUT2D eigenvalue weighted by atomic mass is 9.99. The molecule has 0 bridgehead atoms. The largest absolute Gasteiger partial charge is 0.335 e. The summed E-state index contributed by atoms with van der Waals surface area (Å²) in [5.41, 5.74) is 3.23. The second-order valence-electron chi connectivity index (χ2n) is 6.22. The first-order valence-electron chi connectivity index (χ1n) is 8.06. The lowest BCUT2D eigenvalue weighted by Gasteiger charge is -2.26. The van der Waals surface area contributed by atoms with Gasteiger partial charge in [0.15, 0.2) is 0 Å². The monoisotopic (exact) mass is 301 g/mol. The van der Waals surface area contributed by atoms with Crippen molar-refractivity contribution in [2.24, 2.45) is 0 Å². The van der Waals surface area contributed by atoms with E-state index in [1.165, 1.54) is 18.4 Å². The van der Waals surface area contributed by atoms with E-state index < -0.39 is 0 Å². The van der Waals surface area contributed by atoms with Gasteiger partial charge in [0.2, 0.25) is 5.91 Å². The number of carbonyl (C=O) groups is 2. The zero-order valence-electron chi connectivity index (χ0n) is 13.0. The molecule has 0 saturated heterocycles. The van der Waals surface area contributed by atoms with Gasteiger partial charge < -0.3 is 15.5 Å². The zero-order chi connectivity index (χ0) is 15.5. The van der Waals surface area contributed by atoms with Crippen LogP contribution in [0.4, 0.5) is 10.5 Å². The molecular formula is C17H23N3O2. The van der Waals surface area contributed by atoms with Crippen LogP contribution in [0.5, 0.6) is 0 Å². The Morgan fingerprint density at radius 2 is 2.05 bits per heavy atom. The van der Waals surface area contributed by atoms with Crippen molar-refractivity contribution >= 4 is 17.6 Å². The number of hydrogen-bond donors (Lipinski definition) is 2. The van der Waals surface area contributed by atoms with Crippen LogP contribution in [-0.4, -0.2) is 25.0 Å². The number of benzene rings is 1. The molecule has 5 nitrogen and oxygen atoms in total. The van der Waals surface area contributed by atoms with Gasteiger partial charge in [0.1, 0.15) is 0 Å². The number of rotatable bonds is 3. The number of nitrogens with zero attached hydrogens (tertiary/aromatic N) is 1. The highest BCUT2D eigenvalue weighted by atomic mass is 16.2. The van der Waals surface area contributed by atoms with Crippen molar-refractivity contribution in [1.82, 2.24) is 10.6 Å². The molecule has 0 radical (unpaired) electrons. The average molecular weight is 301 g/mol. The van der Waals surface area contributed by atoms with Gasteiger partial charge in [-0.05, 0) is 36.5 Å². The van der Waals surface area contributed by atoms with Crippen molar-refractivity contribution in [2.45, 2.75) is 51.1 Å². The summed E-state index contributed by atoms with van der Waals surface area (Å²) in [6, 6.07) is 6.29. The molecule has 3 rings (SSSR count). The molecule has 2 aliphatic rings. The topological polar surface area (TPSA) is 61.4 Å². The van der Waals surface area contributed by atoms with E-state index in [4.69, 9.17) is 0 Å². The Labute approximate surface area is 131 Å². The Bertz CT molecular complexity index is 579. The molecule has 1 fully saturated rings. The predicted molar refractivity (Wildman–Crippen MR) is 85.8 cm³/mol. The second-order valence-corrected chi connectivity index (χ2v) is 6.22. The van der Waals surface area contributed by atoms with Crippen LogP contribution >= 0.6 is 0 Å². The molecule has 1 heterocycles. The van der Waals surface area contributed by atoms with Gasteiger partial charge in [0, 0.05) is 31.7 Å². The fourth-order valence-electron chi connectivity index (χ4n) is 3.31. The van der Waals surface area contributed by atoms with Gasteiger partial charge in [0.05, 0.1) is 0 Å². The number of fused-ring (bicyclic) bond motifs is 1. The summed E-state index contributed by atoms with van der Waals surface area (Å²) in [5, 5.41) is 5.94. The average Bonchev–Trinajstić information content (AvgIpc) is 3.02. The molecule has 0 spiro atoms. The minimum absolute atomic E-state index is 0.0862. The maximum Gasteiger partial charge on any atom is 0.315 e. The van der Waals surface area contributed by atoms with Crippen LogP contribution in [0.25, 0.3) is 0 Å². The SMILES string of the molecule is CN1C(=O)CCc2cc(CNC(=O)NC3CCCC3)ccc21. The van der Waals surface area contributed by atoms with Crippen molar-refractivity contribution in [3.05, 3.63) is 29.3 Å². The summed E-state index contributed by atoms with van der Waals surface area (Å²) in [5.74, 6) is 0.161. The second kappa shape index (κ2) is 6.38. The molecule has 1 aliphatic carbocycles. The van der Waals surface area contributed by atoms with Crippen molar-refractivity contribution in [3.63, 3.8) is 0 Å². The molecule has 1 aliphatic heterocycles. The van der Waals surface area contributed by atoms with Crippen LogP contribution in [0.2, 0.25) is 0 Å². The molecule has 0 aromatic heterocycles. The van der Waals surface area contributed by atoms with Crippen LogP contribution in [0.1, 0.15) is 43.2 Å². The highest BCUT2D eigenvalue weighted by Gasteiger charge is 2.21. The first-order chi connectivity index (χ1) is 10.6. The Morgan fingerprint density at radius 3 is 2.82 bits per heavy atom. The van der Waals surface area contributed by atoms with E-state index in [-0.39, 0.29) is 11.9 Å². The van der Waals surface area contributed by atoms with E-state index >= 15 is 0 Å². The molecule has 5 heteroatoms. The van der Waals surface area contributed by atoms with E-state index in [1.54, 1.807) is 4.90 Å². The quantitative estimate of drug-likeness (QED) is 0.900. The summed E-state index contributed by atoms with van der Waals surface area (Å²) >= 11 is 0. The smallest absolute Gasteiger partial charge is 0.315 e. The lowest BCUT2D eigenvalue weighted by Crippen LogP contribution is -2.40. The van der Waals surface area contributed by atoms with E-state index in [9.17, 15) is 9.59 Å². The Morgan fingerprint density at radius 1 is 1.27 bits per heavy atom. The van der Waals surface area contributed by atoms with Crippen LogP contribution in [-0.2, 0) is 17.8 Å². The summed E-state index contributed by atoms with van der Waals surface area (Å²) < 4.78 is 0. The van der Waals surface area contributed by atoms with Gasteiger partial charge in [-0.15, -0.1) is 0 Å². The van der Waals surface area contributed by atoms with Gasteiger partial charge >= 0.3 is 6.03 Å². The summed E-state index contributed by atoms with van der Waals surface area (Å²) in [6.07, 6.45) is 5.94. The number of amides is 3. The van der Waals surface area contributed by atoms with E-state index in [2.05, 4.69) is 16.7 Å². The van der Waals surface area contributed by atoms with Crippen molar-refractivity contribution < 1.29 is 9.59 Å². The molecule has 3 amide bonds. The summed E-state index contributed by atoms with van der Waals surface area (Å²) in [7, 11) is 1.81. The highest BCUT2D eigenvalue weighted by Crippen LogP contribution is 2.27. The van der Waals surface area contributed by atoms with E-state index in [1.807, 2.05) is 19.2 Å². The molecule has 22 heavy (non-hydrogen) atoms. The maximum atomic E-state index is 11.9. The molecule has 1 saturated carbocycles. The van der Waals surface area contributed by atoms with Crippen molar-refractivity contribution in [1.29, 1.82) is 0 Å². The van der Waals surface area contributed by atoms with E-state index in [0.29, 0.717) is 19.0 Å². The predicted octanol–water partition coefficient (Wildman–Crippen LogP) is 2.34. The molecule has 0 unspecified atom stereocenters. The van der Waals surface area contributed by atoms with E-state index in [0.717, 1.165) is 30.5 Å². The number of carbonyl (C=O) groups excluding carboxylic acids is 2. The number of anilines is 1. The number of urea groups is 1. The fourth-order valence-corrected chi connectivity index (χ4v) is 3.31. The number of hydrogen-bond acceptors (Lipinski definition) is 2. The zero-order valence-corrected chi connectivity index (χ0v) is 13.0. The standard InChI is InChI=1S/C17H23N3O2/c1-20-15-8-6-12(10-13(15)7-9-16(20)21)11-18-17(22)19-14-4-2-3-5-14/h6,8,10,14H,2-5,7,9,11H2,1H3,(H2,18,19,22). The summed E-state index contributed by atoms with van der Waals surface area (Å²) in [6.45, 7) is 0.517. The molecule has 2 N–H and O–H groups in total. The highest BCUT2D eigenvalue weighted by molar-refractivity contribution is 5.95. The van der Waals surface area contributed by atoms with Gasteiger partial charge in [-0.1, -0.05) is 25.0 Å². The Hall–Kier alpha value is -2.04. The third-order valence-corrected chi connectivity index (χ3v) is 4.63. The fraction of sp³-hybridized carbons (Fsp3) is 0.529. The number of aryl methyl sites for hydroxylation is 1. The van der Waals surface area contributed by atoms with Crippen LogP contribution < -0.4 is 15.5 Å². The minimum Gasteiger partial charge on any atom is -0.335 e. The molecule has 0 atom stereocenters. The first kappa shape index (κ1) is 14.9. The third-order valence-electron chi connectivity index (χ3n) is 4.63. The lowest BCUT2D eigenvalue weighted by molar-refractivity contribution is -0.118.